The summed E-state index contributed by atoms with van der Waals surface area (Å²) in [6, 6.07) is 5.29. The van der Waals surface area contributed by atoms with E-state index in [0.717, 1.165) is 70.5 Å². The second kappa shape index (κ2) is 9.36. The van der Waals surface area contributed by atoms with Gasteiger partial charge in [-0.15, -0.1) is 0 Å². The van der Waals surface area contributed by atoms with Crippen LogP contribution in [0.5, 0.6) is 0 Å². The van der Waals surface area contributed by atoms with Crippen molar-refractivity contribution in [3.05, 3.63) is 29.6 Å². The Bertz CT molecular complexity index is 931. The maximum absolute atomic E-state index is 13.5. The lowest BCUT2D eigenvalue weighted by molar-refractivity contribution is -0.138. The molecule has 1 saturated carbocycles. The van der Waals surface area contributed by atoms with E-state index in [1.165, 1.54) is 18.4 Å². The first-order valence-corrected chi connectivity index (χ1v) is 13.7. The molecule has 8 nitrogen and oxygen atoms in total. The fourth-order valence-electron chi connectivity index (χ4n) is 7.48. The van der Waals surface area contributed by atoms with E-state index in [1.54, 1.807) is 0 Å². The Balaban J connectivity index is 0.989. The Kier molecular flexibility index (Phi) is 6.21. The smallest absolute Gasteiger partial charge is 0.409 e. The van der Waals surface area contributed by atoms with Crippen molar-refractivity contribution in [1.82, 2.24) is 24.6 Å². The standard InChI is InChI=1S/C27H39N5O3/c1-2-35-26(34)30-14-9-27(19-30)15-22(16-27)29-12-7-21(8-13-29)32-11-4-6-24(32)25(33)31-17-20-5-3-10-28-23(20)18-31/h3,5,10,21-22,24H,2,4,6-9,11-19H2,1H3. The number of nitrogens with zero attached hydrogens (tertiary/aromatic N) is 5. The van der Waals surface area contributed by atoms with Crippen LogP contribution in [-0.4, -0.2) is 94.0 Å². The van der Waals surface area contributed by atoms with Crippen LogP contribution in [0.2, 0.25) is 0 Å². The molecule has 4 fully saturated rings. The summed E-state index contributed by atoms with van der Waals surface area (Å²) >= 11 is 0. The molecule has 1 atom stereocenters. The van der Waals surface area contributed by atoms with Crippen molar-refractivity contribution in [3.8, 4) is 0 Å². The monoisotopic (exact) mass is 481 g/mol. The third kappa shape index (κ3) is 4.33. The number of rotatable bonds is 4. The topological polar surface area (TPSA) is 69.2 Å². The lowest BCUT2D eigenvalue weighted by atomic mass is 9.64. The Morgan fingerprint density at radius 2 is 1.89 bits per heavy atom. The number of carbonyl (C=O) groups is 2. The minimum absolute atomic E-state index is 0.0418. The molecular formula is C27H39N5O3. The first-order chi connectivity index (χ1) is 17.0. The molecule has 35 heavy (non-hydrogen) atoms. The predicted molar refractivity (Wildman–Crippen MR) is 131 cm³/mol. The second-order valence-corrected chi connectivity index (χ2v) is 11.4. The molecule has 2 amide bonds. The fourth-order valence-corrected chi connectivity index (χ4v) is 7.48. The molecule has 0 bridgehead atoms. The Morgan fingerprint density at radius 1 is 1.06 bits per heavy atom. The van der Waals surface area contributed by atoms with Crippen LogP contribution in [0.25, 0.3) is 0 Å². The number of amides is 2. The highest BCUT2D eigenvalue weighted by atomic mass is 16.6. The van der Waals surface area contributed by atoms with Gasteiger partial charge in [-0.25, -0.2) is 4.79 Å². The van der Waals surface area contributed by atoms with Crippen LogP contribution < -0.4 is 0 Å². The lowest BCUT2D eigenvalue weighted by Crippen LogP contribution is -2.57. The third-order valence-electron chi connectivity index (χ3n) is 9.36. The van der Waals surface area contributed by atoms with E-state index in [4.69, 9.17) is 4.74 Å². The van der Waals surface area contributed by atoms with Crippen LogP contribution in [0, 0.1) is 5.41 Å². The first-order valence-electron chi connectivity index (χ1n) is 13.7. The quantitative estimate of drug-likeness (QED) is 0.659. The normalized spacial score (nSPS) is 31.7. The molecule has 8 heteroatoms. The molecule has 1 aromatic heterocycles. The van der Waals surface area contributed by atoms with Gasteiger partial charge in [-0.05, 0) is 88.5 Å². The average Bonchev–Trinajstić information content (AvgIpc) is 3.61. The minimum atomic E-state index is -0.141. The van der Waals surface area contributed by atoms with Gasteiger partial charge in [0.15, 0.2) is 0 Å². The highest BCUT2D eigenvalue weighted by molar-refractivity contribution is 5.82. The van der Waals surface area contributed by atoms with Crippen LogP contribution in [0.4, 0.5) is 4.79 Å². The number of likely N-dealkylation sites (tertiary alicyclic amines) is 3. The number of pyridine rings is 1. The van der Waals surface area contributed by atoms with Gasteiger partial charge < -0.3 is 19.4 Å². The maximum Gasteiger partial charge on any atom is 0.409 e. The summed E-state index contributed by atoms with van der Waals surface area (Å²) in [4.78, 5) is 39.2. The van der Waals surface area contributed by atoms with Gasteiger partial charge >= 0.3 is 6.09 Å². The molecule has 190 valence electrons. The largest absolute Gasteiger partial charge is 0.450 e. The summed E-state index contributed by atoms with van der Waals surface area (Å²) < 4.78 is 5.21. The zero-order valence-corrected chi connectivity index (χ0v) is 21.0. The van der Waals surface area contributed by atoms with Crippen molar-refractivity contribution >= 4 is 12.0 Å². The van der Waals surface area contributed by atoms with Crippen LogP contribution >= 0.6 is 0 Å². The van der Waals surface area contributed by atoms with Crippen molar-refractivity contribution < 1.29 is 14.3 Å². The molecule has 1 spiro atoms. The SMILES string of the molecule is CCOC(=O)N1CCC2(CC(N3CCC(N4CCCC4C(=O)N4Cc5cccnc5C4)CC3)C2)C1. The van der Waals surface area contributed by atoms with E-state index in [2.05, 4.69) is 20.9 Å². The van der Waals surface area contributed by atoms with E-state index in [-0.39, 0.29) is 12.1 Å². The van der Waals surface area contributed by atoms with Crippen LogP contribution in [0.1, 0.15) is 63.1 Å². The van der Waals surface area contributed by atoms with Crippen molar-refractivity contribution in [2.24, 2.45) is 5.41 Å². The number of hydrogen-bond donors (Lipinski definition) is 0. The van der Waals surface area contributed by atoms with E-state index in [1.807, 2.05) is 29.0 Å². The number of piperidine rings is 1. The fraction of sp³-hybridized carbons (Fsp3) is 0.741. The summed E-state index contributed by atoms with van der Waals surface area (Å²) in [5.74, 6) is 0.302. The van der Waals surface area contributed by atoms with E-state index >= 15 is 0 Å². The number of hydrogen-bond acceptors (Lipinski definition) is 6. The van der Waals surface area contributed by atoms with E-state index < -0.39 is 0 Å². The molecule has 5 aliphatic rings. The van der Waals surface area contributed by atoms with Gasteiger partial charge in [0.25, 0.3) is 0 Å². The van der Waals surface area contributed by atoms with Gasteiger partial charge in [-0.1, -0.05) is 6.07 Å². The molecular weight excluding hydrogens is 442 g/mol. The van der Waals surface area contributed by atoms with Gasteiger partial charge in [-0.3, -0.25) is 14.7 Å². The van der Waals surface area contributed by atoms with Crippen molar-refractivity contribution in [2.75, 3.05) is 39.3 Å². The highest BCUT2D eigenvalue weighted by Crippen LogP contribution is 2.50. The van der Waals surface area contributed by atoms with Crippen molar-refractivity contribution in [2.45, 2.75) is 83.1 Å². The second-order valence-electron chi connectivity index (χ2n) is 11.4. The van der Waals surface area contributed by atoms with E-state index in [9.17, 15) is 9.59 Å². The van der Waals surface area contributed by atoms with Crippen LogP contribution in [-0.2, 0) is 22.6 Å². The predicted octanol–water partition coefficient (Wildman–Crippen LogP) is 2.86. The molecule has 4 aliphatic heterocycles. The Morgan fingerprint density at radius 3 is 2.66 bits per heavy atom. The molecule has 0 aromatic carbocycles. The molecule has 1 unspecified atom stereocenters. The molecule has 0 radical (unpaired) electrons. The van der Waals surface area contributed by atoms with Crippen LogP contribution in [0.3, 0.4) is 0 Å². The molecule has 0 N–H and O–H groups in total. The number of fused-ring (bicyclic) bond motifs is 1. The molecule has 6 rings (SSSR count). The van der Waals surface area contributed by atoms with Crippen molar-refractivity contribution in [3.63, 3.8) is 0 Å². The molecule has 3 saturated heterocycles. The van der Waals surface area contributed by atoms with Gasteiger partial charge in [0.2, 0.25) is 5.91 Å². The van der Waals surface area contributed by atoms with Gasteiger partial charge in [0.1, 0.15) is 0 Å². The summed E-state index contributed by atoms with van der Waals surface area (Å²) in [6.45, 7) is 8.71. The summed E-state index contributed by atoms with van der Waals surface area (Å²) in [7, 11) is 0. The third-order valence-corrected chi connectivity index (χ3v) is 9.36. The van der Waals surface area contributed by atoms with Gasteiger partial charge in [-0.2, -0.15) is 0 Å². The summed E-state index contributed by atoms with van der Waals surface area (Å²) in [6.07, 6.45) is 9.65. The van der Waals surface area contributed by atoms with Crippen LogP contribution in [0.15, 0.2) is 18.3 Å². The minimum Gasteiger partial charge on any atom is -0.450 e. The number of carbonyl (C=O) groups excluding carboxylic acids is 2. The van der Waals surface area contributed by atoms with E-state index in [0.29, 0.717) is 43.1 Å². The molecule has 5 heterocycles. The summed E-state index contributed by atoms with van der Waals surface area (Å²) in [5.41, 5.74) is 2.58. The lowest BCUT2D eigenvalue weighted by Gasteiger charge is -2.52. The molecule has 1 aliphatic carbocycles. The Labute approximate surface area is 208 Å². The molecule has 1 aromatic rings. The maximum atomic E-state index is 13.5. The average molecular weight is 482 g/mol. The van der Waals surface area contributed by atoms with Gasteiger partial charge in [0.05, 0.1) is 24.9 Å². The zero-order valence-electron chi connectivity index (χ0n) is 21.0. The van der Waals surface area contributed by atoms with Gasteiger partial charge in [0, 0.05) is 37.9 Å². The number of ether oxygens (including phenoxy) is 1. The number of aromatic nitrogens is 1. The highest BCUT2D eigenvalue weighted by Gasteiger charge is 2.52. The summed E-state index contributed by atoms with van der Waals surface area (Å²) in [5, 5.41) is 0. The van der Waals surface area contributed by atoms with Crippen molar-refractivity contribution in [1.29, 1.82) is 0 Å². The first kappa shape index (κ1) is 23.2. The zero-order chi connectivity index (χ0) is 24.0. The Hall–Kier alpha value is -2.19.